The van der Waals surface area contributed by atoms with Crippen molar-refractivity contribution in [2.24, 2.45) is 0 Å². The minimum Gasteiger partial charge on any atom is -0.759 e. The fourth-order valence-electron chi connectivity index (χ4n) is 1.66. The summed E-state index contributed by atoms with van der Waals surface area (Å²) in [5.74, 6) is -0.478. The first-order chi connectivity index (χ1) is 10.1. The molecular weight excluding hydrogens is 290 g/mol. The van der Waals surface area contributed by atoms with Gasteiger partial charge in [0.15, 0.2) is 0 Å². The number of rotatable bonds is 2. The molecule has 6 nitrogen and oxygen atoms in total. The number of morpholine rings is 1. The van der Waals surface area contributed by atoms with Crippen molar-refractivity contribution in [3.05, 3.63) is 22.9 Å². The van der Waals surface area contributed by atoms with Gasteiger partial charge in [0.2, 0.25) is 0 Å². The summed E-state index contributed by atoms with van der Waals surface area (Å²) in [5, 5.41) is 11.2. The second kappa shape index (κ2) is 9.23. The predicted octanol–water partition coefficient (Wildman–Crippen LogP) is -0.0758. The molecule has 0 atom stereocenters. The lowest BCUT2D eigenvalue weighted by Crippen LogP contribution is -2.87. The van der Waals surface area contributed by atoms with E-state index in [9.17, 15) is 4.79 Å². The Hall–Kier alpha value is -1.75. The zero-order valence-electron chi connectivity index (χ0n) is 12.2. The summed E-state index contributed by atoms with van der Waals surface area (Å²) >= 11 is 4.86. The molecule has 1 aromatic rings. The minimum atomic E-state index is -0.478. The highest BCUT2D eigenvalue weighted by Gasteiger charge is 2.12. The second-order valence-corrected chi connectivity index (χ2v) is 4.67. The van der Waals surface area contributed by atoms with E-state index in [1.807, 2.05) is 6.07 Å². The zero-order chi connectivity index (χ0) is 15.7. The van der Waals surface area contributed by atoms with Crippen LogP contribution in [0, 0.1) is 18.3 Å². The van der Waals surface area contributed by atoms with Crippen molar-refractivity contribution in [3.8, 4) is 6.07 Å². The summed E-state index contributed by atoms with van der Waals surface area (Å²) < 4.78 is 9.86. The number of hydrogen-bond donors (Lipinski definition) is 1. The number of nitriles is 1. The molecule has 0 spiro atoms. The molecule has 0 saturated carbocycles. The molecule has 2 rings (SSSR count). The van der Waals surface area contributed by atoms with Gasteiger partial charge in [-0.05, 0) is 19.9 Å². The Morgan fingerprint density at radius 2 is 2.24 bits per heavy atom. The number of nitrogens with zero attached hydrogens (tertiary/aromatic N) is 2. The molecule has 7 heteroatoms. The van der Waals surface area contributed by atoms with E-state index in [4.69, 9.17) is 27.4 Å². The first-order valence-corrected chi connectivity index (χ1v) is 7.16. The lowest BCUT2D eigenvalue weighted by atomic mass is 10.1. The Morgan fingerprint density at radius 1 is 1.57 bits per heavy atom. The molecule has 0 amide bonds. The van der Waals surface area contributed by atoms with Crippen molar-refractivity contribution in [3.63, 3.8) is 0 Å². The summed E-state index contributed by atoms with van der Waals surface area (Å²) in [4.78, 5) is 15.4. The van der Waals surface area contributed by atoms with Crippen LogP contribution in [0.25, 0.3) is 0 Å². The normalized spacial score (nSPS) is 13.6. The topological polar surface area (TPSA) is 88.8 Å². The lowest BCUT2D eigenvalue weighted by Gasteiger charge is -2.11. The highest BCUT2D eigenvalue weighted by Crippen LogP contribution is 2.13. The predicted molar refractivity (Wildman–Crippen MR) is 77.8 cm³/mol. The zero-order valence-corrected chi connectivity index (χ0v) is 13.0. The van der Waals surface area contributed by atoms with Gasteiger partial charge in [-0.3, -0.25) is 4.98 Å². The molecular formula is C14H19N3O3S. The summed E-state index contributed by atoms with van der Waals surface area (Å²) in [6.45, 7) is 7.85. The molecule has 0 unspecified atom stereocenters. The second-order valence-electron chi connectivity index (χ2n) is 4.28. The van der Waals surface area contributed by atoms with E-state index in [1.54, 1.807) is 13.8 Å². The third kappa shape index (κ3) is 5.63. The molecule has 0 aliphatic carbocycles. The van der Waals surface area contributed by atoms with Crippen molar-refractivity contribution in [2.75, 3.05) is 32.9 Å². The molecule has 2 N–H and O–H groups in total. The van der Waals surface area contributed by atoms with E-state index >= 15 is 0 Å². The van der Waals surface area contributed by atoms with E-state index in [0.717, 1.165) is 26.3 Å². The van der Waals surface area contributed by atoms with Crippen LogP contribution in [0.15, 0.2) is 11.1 Å². The van der Waals surface area contributed by atoms with Crippen molar-refractivity contribution < 1.29 is 19.6 Å². The fraction of sp³-hybridized carbons (Fsp3) is 0.500. The Kier molecular flexibility index (Phi) is 7.61. The van der Waals surface area contributed by atoms with Crippen molar-refractivity contribution in [2.45, 2.75) is 18.9 Å². The van der Waals surface area contributed by atoms with Crippen molar-refractivity contribution >= 4 is 18.6 Å². The number of hydrogen-bond acceptors (Lipinski definition) is 6. The van der Waals surface area contributed by atoms with Crippen LogP contribution in [0.1, 0.15) is 28.5 Å². The Bertz CT molecular complexity index is 513. The first-order valence-electron chi connectivity index (χ1n) is 6.75. The fourth-order valence-corrected chi connectivity index (χ4v) is 1.90. The van der Waals surface area contributed by atoms with Crippen LogP contribution in [0.4, 0.5) is 0 Å². The number of nitrogens with two attached hydrogens (primary N) is 1. The Balaban J connectivity index is 0.000000304. The molecule has 0 radical (unpaired) electrons. The number of pyridine rings is 1. The Morgan fingerprint density at radius 3 is 2.67 bits per heavy atom. The van der Waals surface area contributed by atoms with Gasteiger partial charge in [0, 0.05) is 0 Å². The highest BCUT2D eigenvalue weighted by atomic mass is 32.1. The van der Waals surface area contributed by atoms with Gasteiger partial charge in [-0.1, -0.05) is 5.03 Å². The van der Waals surface area contributed by atoms with E-state index < -0.39 is 5.97 Å². The van der Waals surface area contributed by atoms with E-state index in [-0.39, 0.29) is 17.2 Å². The van der Waals surface area contributed by atoms with Crippen LogP contribution in [0.3, 0.4) is 0 Å². The van der Waals surface area contributed by atoms with Gasteiger partial charge in [0.25, 0.3) is 0 Å². The van der Waals surface area contributed by atoms with Crippen molar-refractivity contribution in [1.29, 1.82) is 5.26 Å². The standard InChI is InChI=1S/C10H10N2O2S.C4H9NO/c1-3-14-10(13)8-4-7(5-11)9(15)12-6(8)2;1-3-6-4-2-5-1/h4H,3H2,1-2H3,(H,12,15);5H,1-4H2. The molecule has 114 valence electrons. The molecule has 2 heterocycles. The monoisotopic (exact) mass is 309 g/mol. The molecule has 1 aliphatic heterocycles. The first kappa shape index (κ1) is 17.3. The third-order valence-electron chi connectivity index (χ3n) is 2.73. The van der Waals surface area contributed by atoms with Crippen LogP contribution in [0.5, 0.6) is 0 Å². The summed E-state index contributed by atoms with van der Waals surface area (Å²) in [7, 11) is 0. The van der Waals surface area contributed by atoms with Gasteiger partial charge in [-0.25, -0.2) is 4.79 Å². The summed E-state index contributed by atoms with van der Waals surface area (Å²) in [6, 6.07) is 3.30. The maximum Gasteiger partial charge on any atom is 0.340 e. The van der Waals surface area contributed by atoms with Crippen LogP contribution >= 0.6 is 0 Å². The van der Waals surface area contributed by atoms with Crippen LogP contribution in [0.2, 0.25) is 0 Å². The number of esters is 1. The molecule has 1 saturated heterocycles. The number of carbonyl (C=O) groups excluding carboxylic acids is 1. The van der Waals surface area contributed by atoms with Crippen LogP contribution in [-0.4, -0.2) is 43.9 Å². The average molecular weight is 309 g/mol. The van der Waals surface area contributed by atoms with Gasteiger partial charge < -0.3 is 27.4 Å². The maximum atomic E-state index is 11.4. The van der Waals surface area contributed by atoms with E-state index in [0.29, 0.717) is 11.3 Å². The molecule has 1 fully saturated rings. The Labute approximate surface area is 129 Å². The van der Waals surface area contributed by atoms with E-state index in [1.165, 1.54) is 6.07 Å². The number of aryl methyl sites for hydroxylation is 1. The minimum absolute atomic E-state index is 0.211. The van der Waals surface area contributed by atoms with Crippen molar-refractivity contribution in [1.82, 2.24) is 4.98 Å². The van der Waals surface area contributed by atoms with Gasteiger partial charge in [0.1, 0.15) is 0 Å². The molecule has 21 heavy (non-hydrogen) atoms. The van der Waals surface area contributed by atoms with E-state index in [2.05, 4.69) is 10.3 Å². The van der Waals surface area contributed by atoms with Gasteiger partial charge in [-0.2, -0.15) is 5.26 Å². The van der Waals surface area contributed by atoms with Gasteiger partial charge >= 0.3 is 5.97 Å². The largest absolute Gasteiger partial charge is 0.759 e. The molecule has 0 aromatic carbocycles. The SMILES string of the molecule is C1COCC[NH2+]1.CCOC(=O)c1cc(C#N)c([S-])nc1C. The number of ether oxygens (including phenoxy) is 2. The molecule has 0 bridgehead atoms. The van der Waals surface area contributed by atoms with Crippen LogP contribution < -0.4 is 5.32 Å². The lowest BCUT2D eigenvalue weighted by molar-refractivity contribution is -0.670. The third-order valence-corrected chi connectivity index (χ3v) is 3.04. The summed E-state index contributed by atoms with van der Waals surface area (Å²) in [6.07, 6.45) is 0. The highest BCUT2D eigenvalue weighted by molar-refractivity contribution is 7.58. The molecule has 1 aliphatic rings. The van der Waals surface area contributed by atoms with Gasteiger partial charge in [0.05, 0.1) is 55.8 Å². The number of quaternary nitrogens is 1. The average Bonchev–Trinajstić information content (AvgIpc) is 2.50. The van der Waals surface area contributed by atoms with Gasteiger partial charge in [-0.15, -0.1) is 0 Å². The van der Waals surface area contributed by atoms with Crippen LogP contribution in [-0.2, 0) is 22.1 Å². The number of aromatic nitrogens is 1. The smallest absolute Gasteiger partial charge is 0.340 e. The number of carbonyl (C=O) groups is 1. The quantitative estimate of drug-likeness (QED) is 0.607. The maximum absolute atomic E-state index is 11.4. The summed E-state index contributed by atoms with van der Waals surface area (Å²) in [5.41, 5.74) is 0.998. The molecule has 1 aromatic heterocycles.